The molecule has 1 amide bonds. The lowest BCUT2D eigenvalue weighted by Gasteiger charge is -2.19. The molecule has 1 aromatic carbocycles. The molecule has 0 aliphatic heterocycles. The standard InChI is InChI=1S/C19H24BrN3OS/c1-4-11-23(13-17-9-10-18(20)25-17)14-19(24)21-12-15-5-7-16(8-6-15)22(2)3/h4-10H,1,11-14H2,2-3H3,(H,21,24). The van der Waals surface area contributed by atoms with Gasteiger partial charge in [-0.15, -0.1) is 17.9 Å². The molecule has 0 saturated heterocycles. The molecule has 0 spiro atoms. The zero-order chi connectivity index (χ0) is 18.2. The van der Waals surface area contributed by atoms with Gasteiger partial charge in [0.1, 0.15) is 0 Å². The lowest BCUT2D eigenvalue weighted by atomic mass is 10.2. The van der Waals surface area contributed by atoms with Crippen LogP contribution in [-0.4, -0.2) is 38.0 Å². The quantitative estimate of drug-likeness (QED) is 0.623. The fraction of sp³-hybridized carbons (Fsp3) is 0.316. The molecule has 134 valence electrons. The van der Waals surface area contributed by atoms with Crippen LogP contribution in [0.25, 0.3) is 0 Å². The summed E-state index contributed by atoms with van der Waals surface area (Å²) in [5.41, 5.74) is 2.24. The van der Waals surface area contributed by atoms with E-state index in [0.717, 1.165) is 21.6 Å². The Kier molecular flexibility index (Phi) is 7.68. The summed E-state index contributed by atoms with van der Waals surface area (Å²) >= 11 is 5.16. The summed E-state index contributed by atoms with van der Waals surface area (Å²) in [4.78, 5) is 17.6. The van der Waals surface area contributed by atoms with Crippen LogP contribution in [0.15, 0.2) is 52.8 Å². The van der Waals surface area contributed by atoms with E-state index >= 15 is 0 Å². The summed E-state index contributed by atoms with van der Waals surface area (Å²) in [5.74, 6) is 0.0224. The highest BCUT2D eigenvalue weighted by molar-refractivity contribution is 9.11. The van der Waals surface area contributed by atoms with Gasteiger partial charge in [-0.2, -0.15) is 0 Å². The first kappa shape index (κ1) is 19.7. The Morgan fingerprint density at radius 2 is 1.96 bits per heavy atom. The topological polar surface area (TPSA) is 35.6 Å². The van der Waals surface area contributed by atoms with Crippen molar-refractivity contribution in [2.45, 2.75) is 13.1 Å². The molecule has 0 aliphatic carbocycles. The zero-order valence-corrected chi connectivity index (χ0v) is 17.1. The highest BCUT2D eigenvalue weighted by Crippen LogP contribution is 2.23. The minimum absolute atomic E-state index is 0.0224. The normalized spacial score (nSPS) is 10.7. The smallest absolute Gasteiger partial charge is 0.234 e. The minimum atomic E-state index is 0.0224. The highest BCUT2D eigenvalue weighted by atomic mass is 79.9. The van der Waals surface area contributed by atoms with Crippen LogP contribution < -0.4 is 10.2 Å². The van der Waals surface area contributed by atoms with E-state index in [2.05, 4.69) is 55.8 Å². The van der Waals surface area contributed by atoms with Crippen molar-refractivity contribution in [3.63, 3.8) is 0 Å². The van der Waals surface area contributed by atoms with Crippen molar-refractivity contribution >= 4 is 38.9 Å². The fourth-order valence-electron chi connectivity index (χ4n) is 2.40. The molecule has 6 heteroatoms. The Balaban J connectivity index is 1.84. The summed E-state index contributed by atoms with van der Waals surface area (Å²) < 4.78 is 1.10. The second-order valence-electron chi connectivity index (χ2n) is 6.00. The summed E-state index contributed by atoms with van der Waals surface area (Å²) in [6.07, 6.45) is 1.83. The number of halogens is 1. The number of rotatable bonds is 9. The molecule has 0 bridgehead atoms. The molecule has 1 aromatic heterocycles. The molecule has 2 rings (SSSR count). The van der Waals surface area contributed by atoms with E-state index < -0.39 is 0 Å². The predicted molar refractivity (Wildman–Crippen MR) is 110 cm³/mol. The SMILES string of the molecule is C=CCN(CC(=O)NCc1ccc(N(C)C)cc1)Cc1ccc(Br)s1. The molecule has 4 nitrogen and oxygen atoms in total. The van der Waals surface area contributed by atoms with Gasteiger partial charge in [-0.05, 0) is 45.8 Å². The summed E-state index contributed by atoms with van der Waals surface area (Å²) in [6.45, 7) is 6.11. The van der Waals surface area contributed by atoms with E-state index in [1.165, 1.54) is 4.88 Å². The number of thiophene rings is 1. The molecule has 0 aliphatic rings. The summed E-state index contributed by atoms with van der Waals surface area (Å²) in [5, 5.41) is 2.99. The van der Waals surface area contributed by atoms with Crippen molar-refractivity contribution in [3.05, 3.63) is 63.3 Å². The van der Waals surface area contributed by atoms with Gasteiger partial charge in [0.15, 0.2) is 0 Å². The minimum Gasteiger partial charge on any atom is -0.378 e. The number of carbonyl (C=O) groups is 1. The molecular formula is C19H24BrN3OS. The maximum absolute atomic E-state index is 12.3. The molecule has 2 aromatic rings. The zero-order valence-electron chi connectivity index (χ0n) is 14.7. The van der Waals surface area contributed by atoms with Crippen molar-refractivity contribution in [3.8, 4) is 0 Å². The van der Waals surface area contributed by atoms with Crippen LogP contribution in [0.2, 0.25) is 0 Å². The second-order valence-corrected chi connectivity index (χ2v) is 8.55. The number of amides is 1. The van der Waals surface area contributed by atoms with E-state index in [0.29, 0.717) is 19.6 Å². The summed E-state index contributed by atoms with van der Waals surface area (Å²) in [6, 6.07) is 12.3. The molecule has 0 fully saturated rings. The maximum Gasteiger partial charge on any atom is 0.234 e. The van der Waals surface area contributed by atoms with Crippen LogP contribution in [0.5, 0.6) is 0 Å². The number of nitrogens with one attached hydrogen (secondary N) is 1. The molecule has 1 N–H and O–H groups in total. The van der Waals surface area contributed by atoms with Gasteiger partial charge in [-0.3, -0.25) is 9.69 Å². The monoisotopic (exact) mass is 421 g/mol. The molecule has 1 heterocycles. The predicted octanol–water partition coefficient (Wildman–Crippen LogP) is 3.88. The third-order valence-electron chi connectivity index (χ3n) is 3.71. The van der Waals surface area contributed by atoms with Gasteiger partial charge in [-0.25, -0.2) is 0 Å². The fourth-order valence-corrected chi connectivity index (χ4v) is 3.92. The average molecular weight is 422 g/mol. The first-order chi connectivity index (χ1) is 12.0. The van der Waals surface area contributed by atoms with Gasteiger partial charge >= 0.3 is 0 Å². The third kappa shape index (κ3) is 6.65. The number of hydrogen-bond donors (Lipinski definition) is 1. The second kappa shape index (κ2) is 9.75. The van der Waals surface area contributed by atoms with E-state index in [4.69, 9.17) is 0 Å². The van der Waals surface area contributed by atoms with Crippen molar-refractivity contribution in [2.75, 3.05) is 32.1 Å². The molecule has 0 radical (unpaired) electrons. The van der Waals surface area contributed by atoms with Gasteiger partial charge < -0.3 is 10.2 Å². The van der Waals surface area contributed by atoms with E-state index in [-0.39, 0.29) is 5.91 Å². The number of carbonyl (C=O) groups excluding carboxylic acids is 1. The maximum atomic E-state index is 12.3. The van der Waals surface area contributed by atoms with E-state index in [1.54, 1.807) is 11.3 Å². The third-order valence-corrected chi connectivity index (χ3v) is 5.31. The van der Waals surface area contributed by atoms with Gasteiger partial charge in [0.25, 0.3) is 0 Å². The van der Waals surface area contributed by atoms with Crippen LogP contribution >= 0.6 is 27.3 Å². The van der Waals surface area contributed by atoms with Crippen LogP contribution in [0, 0.1) is 0 Å². The van der Waals surface area contributed by atoms with Crippen molar-refractivity contribution in [1.82, 2.24) is 10.2 Å². The number of benzene rings is 1. The van der Waals surface area contributed by atoms with Crippen molar-refractivity contribution < 1.29 is 4.79 Å². The average Bonchev–Trinajstić information content (AvgIpc) is 2.98. The van der Waals surface area contributed by atoms with Crippen molar-refractivity contribution in [2.24, 2.45) is 0 Å². The molecule has 0 unspecified atom stereocenters. The van der Waals surface area contributed by atoms with E-state index in [1.807, 2.05) is 38.4 Å². The van der Waals surface area contributed by atoms with Gasteiger partial charge in [0.2, 0.25) is 5.91 Å². The van der Waals surface area contributed by atoms with Gasteiger partial charge in [0.05, 0.1) is 10.3 Å². The highest BCUT2D eigenvalue weighted by Gasteiger charge is 2.11. The molecular weight excluding hydrogens is 398 g/mol. The van der Waals surface area contributed by atoms with Crippen LogP contribution in [0.3, 0.4) is 0 Å². The number of nitrogens with zero attached hydrogens (tertiary/aromatic N) is 2. The Hall–Kier alpha value is -1.63. The van der Waals surface area contributed by atoms with E-state index in [9.17, 15) is 4.79 Å². The number of anilines is 1. The molecule has 25 heavy (non-hydrogen) atoms. The molecule has 0 saturated carbocycles. The summed E-state index contributed by atoms with van der Waals surface area (Å²) in [7, 11) is 4.02. The van der Waals surface area contributed by atoms with Crippen LogP contribution in [0.1, 0.15) is 10.4 Å². The Morgan fingerprint density at radius 1 is 1.24 bits per heavy atom. The Labute approximate surface area is 162 Å². The van der Waals surface area contributed by atoms with Crippen LogP contribution in [-0.2, 0) is 17.9 Å². The Morgan fingerprint density at radius 3 is 2.52 bits per heavy atom. The van der Waals surface area contributed by atoms with Gasteiger partial charge in [0, 0.05) is 44.3 Å². The van der Waals surface area contributed by atoms with Crippen molar-refractivity contribution in [1.29, 1.82) is 0 Å². The first-order valence-electron chi connectivity index (χ1n) is 8.08. The Bertz CT molecular complexity index is 697. The van der Waals surface area contributed by atoms with Crippen LogP contribution in [0.4, 0.5) is 5.69 Å². The first-order valence-corrected chi connectivity index (χ1v) is 9.69. The number of hydrogen-bond acceptors (Lipinski definition) is 4. The lowest BCUT2D eigenvalue weighted by molar-refractivity contribution is -0.122. The largest absolute Gasteiger partial charge is 0.378 e. The lowest BCUT2D eigenvalue weighted by Crippen LogP contribution is -2.36. The molecule has 0 atom stereocenters. The van der Waals surface area contributed by atoms with Gasteiger partial charge in [-0.1, -0.05) is 18.2 Å².